The molecule has 1 fully saturated rings. The maximum atomic E-state index is 12.7. The quantitative estimate of drug-likeness (QED) is 0.446. The second-order valence-corrected chi connectivity index (χ2v) is 9.26. The number of hydrogen-bond acceptors (Lipinski definition) is 8. The van der Waals surface area contributed by atoms with Crippen LogP contribution in [-0.2, 0) is 10.5 Å². The van der Waals surface area contributed by atoms with Crippen LogP contribution in [0.1, 0.15) is 5.01 Å². The zero-order valence-corrected chi connectivity index (χ0v) is 18.4. The molecule has 1 amide bonds. The largest absolute Gasteiger partial charge is 0.338 e. The number of carbonyl (C=O) groups is 1. The maximum Gasteiger partial charge on any atom is 0.250 e. The van der Waals surface area contributed by atoms with Crippen molar-refractivity contribution in [3.05, 3.63) is 59.6 Å². The molecule has 10 heteroatoms. The molecule has 2 aromatic carbocycles. The van der Waals surface area contributed by atoms with E-state index in [1.165, 1.54) is 4.70 Å². The van der Waals surface area contributed by atoms with Crippen molar-refractivity contribution >= 4 is 45.2 Å². The number of fused-ring (bicyclic) bond motifs is 1. The molecule has 8 nitrogen and oxygen atoms in total. The first-order valence-corrected chi connectivity index (χ1v) is 12.0. The molecule has 2 aromatic heterocycles. The van der Waals surface area contributed by atoms with Gasteiger partial charge in [0.1, 0.15) is 5.01 Å². The molecule has 5 rings (SSSR count). The van der Waals surface area contributed by atoms with E-state index in [-0.39, 0.29) is 5.91 Å². The first-order valence-electron chi connectivity index (χ1n) is 10.1. The van der Waals surface area contributed by atoms with Crippen molar-refractivity contribution in [3.63, 3.8) is 0 Å². The van der Waals surface area contributed by atoms with Gasteiger partial charge in [0.25, 0.3) is 0 Å². The molecule has 0 N–H and O–H groups in total. The van der Waals surface area contributed by atoms with Crippen LogP contribution in [-0.4, -0.2) is 67.9 Å². The monoisotopic (exact) mass is 451 g/mol. The number of hydrogen-bond donors (Lipinski definition) is 0. The predicted molar refractivity (Wildman–Crippen MR) is 124 cm³/mol. The fraction of sp³-hybridized carbons (Fsp3) is 0.286. The number of nitrogens with zero attached hydrogens (tertiary/aromatic N) is 7. The van der Waals surface area contributed by atoms with Crippen molar-refractivity contribution in [1.29, 1.82) is 0 Å². The number of anilines is 1. The molecule has 0 radical (unpaired) electrons. The molecule has 0 atom stereocenters. The van der Waals surface area contributed by atoms with E-state index in [0.717, 1.165) is 22.0 Å². The van der Waals surface area contributed by atoms with Crippen LogP contribution >= 0.6 is 23.1 Å². The lowest BCUT2D eigenvalue weighted by Gasteiger charge is -2.34. The molecular formula is C21H21N7OS2. The van der Waals surface area contributed by atoms with Gasteiger partial charge >= 0.3 is 0 Å². The predicted octanol–water partition coefficient (Wildman–Crippen LogP) is 2.85. The summed E-state index contributed by atoms with van der Waals surface area (Å²) in [5, 5.41) is 13.2. The summed E-state index contributed by atoms with van der Waals surface area (Å²) < 4.78 is 2.93. The number of thioether (sulfide) groups is 1. The molecule has 0 aliphatic carbocycles. The summed E-state index contributed by atoms with van der Waals surface area (Å²) >= 11 is 3.33. The molecule has 4 aromatic rings. The Morgan fingerprint density at radius 3 is 2.58 bits per heavy atom. The molecule has 0 saturated carbocycles. The SMILES string of the molecule is O=C(CSCc1nc2ccccc2s1)N1CCN(c2nnnn2-c2ccccc2)CC1. The highest BCUT2D eigenvalue weighted by Crippen LogP contribution is 2.25. The molecule has 158 valence electrons. The van der Waals surface area contributed by atoms with E-state index in [4.69, 9.17) is 0 Å². The number of aromatic nitrogens is 5. The molecule has 31 heavy (non-hydrogen) atoms. The van der Waals surface area contributed by atoms with Crippen LogP contribution < -0.4 is 4.90 Å². The maximum absolute atomic E-state index is 12.7. The van der Waals surface area contributed by atoms with E-state index in [2.05, 4.69) is 31.5 Å². The van der Waals surface area contributed by atoms with Crippen molar-refractivity contribution in [1.82, 2.24) is 30.1 Å². The Hall–Kier alpha value is -2.98. The smallest absolute Gasteiger partial charge is 0.250 e. The molecule has 0 bridgehead atoms. The Morgan fingerprint density at radius 2 is 1.77 bits per heavy atom. The lowest BCUT2D eigenvalue weighted by atomic mass is 10.3. The fourth-order valence-corrected chi connectivity index (χ4v) is 5.52. The molecule has 1 aliphatic rings. The number of tetrazole rings is 1. The molecule has 0 unspecified atom stereocenters. The fourth-order valence-electron chi connectivity index (χ4n) is 3.57. The average Bonchev–Trinajstić information content (AvgIpc) is 3.47. The standard InChI is InChI=1S/C21H21N7OS2/c29-20(15-30-14-19-22-17-8-4-5-9-18(17)31-19)26-10-12-27(13-11-26)21-23-24-25-28(21)16-6-2-1-3-7-16/h1-9H,10-15H2. The highest BCUT2D eigenvalue weighted by atomic mass is 32.2. The number of carbonyl (C=O) groups excluding carboxylic acids is 1. The van der Waals surface area contributed by atoms with Gasteiger partial charge in [-0.15, -0.1) is 23.1 Å². The highest BCUT2D eigenvalue weighted by Gasteiger charge is 2.24. The summed E-state index contributed by atoms with van der Waals surface area (Å²) in [6.45, 7) is 2.76. The minimum Gasteiger partial charge on any atom is -0.338 e. The third-order valence-electron chi connectivity index (χ3n) is 5.16. The van der Waals surface area contributed by atoms with Crippen LogP contribution in [0.3, 0.4) is 0 Å². The molecule has 0 spiro atoms. The Kier molecular flexibility index (Phi) is 5.81. The molecule has 3 heterocycles. The number of para-hydroxylation sites is 2. The van der Waals surface area contributed by atoms with Gasteiger partial charge < -0.3 is 9.80 Å². The van der Waals surface area contributed by atoms with Crippen LogP contribution in [0.4, 0.5) is 5.95 Å². The Labute approximate surface area is 187 Å². The van der Waals surface area contributed by atoms with Gasteiger partial charge in [-0.05, 0) is 34.7 Å². The second-order valence-electron chi connectivity index (χ2n) is 7.16. The van der Waals surface area contributed by atoms with Crippen molar-refractivity contribution < 1.29 is 4.79 Å². The number of amides is 1. The Balaban J connectivity index is 1.13. The zero-order chi connectivity index (χ0) is 21.0. The Bertz CT molecular complexity index is 1140. The minimum atomic E-state index is 0.174. The van der Waals surface area contributed by atoms with E-state index >= 15 is 0 Å². The molecular weight excluding hydrogens is 430 g/mol. The lowest BCUT2D eigenvalue weighted by molar-refractivity contribution is -0.128. The number of thiazole rings is 1. The van der Waals surface area contributed by atoms with E-state index in [1.54, 1.807) is 27.8 Å². The van der Waals surface area contributed by atoms with Crippen LogP contribution in [0.25, 0.3) is 15.9 Å². The third-order valence-corrected chi connectivity index (χ3v) is 7.31. The third kappa shape index (κ3) is 4.40. The summed E-state index contributed by atoms with van der Waals surface area (Å²) in [6, 6.07) is 18.0. The summed E-state index contributed by atoms with van der Waals surface area (Å²) in [5.41, 5.74) is 1.95. The van der Waals surface area contributed by atoms with Gasteiger partial charge in [0, 0.05) is 31.9 Å². The van der Waals surface area contributed by atoms with E-state index < -0.39 is 0 Å². The highest BCUT2D eigenvalue weighted by molar-refractivity contribution is 7.99. The van der Waals surface area contributed by atoms with Gasteiger partial charge in [0.05, 0.1) is 21.7 Å². The van der Waals surface area contributed by atoms with Crippen molar-refractivity contribution in [2.24, 2.45) is 0 Å². The van der Waals surface area contributed by atoms with E-state index in [1.807, 2.05) is 53.4 Å². The first kappa shape index (κ1) is 20.0. The summed E-state index contributed by atoms with van der Waals surface area (Å²) in [4.78, 5) is 21.4. The van der Waals surface area contributed by atoms with Gasteiger partial charge in [-0.1, -0.05) is 35.4 Å². The van der Waals surface area contributed by atoms with Gasteiger partial charge in [-0.3, -0.25) is 4.79 Å². The molecule has 1 saturated heterocycles. The second kappa shape index (κ2) is 9.03. The minimum absolute atomic E-state index is 0.174. The van der Waals surface area contributed by atoms with Crippen LogP contribution in [0, 0.1) is 0 Å². The topological polar surface area (TPSA) is 80.0 Å². The van der Waals surface area contributed by atoms with Crippen LogP contribution in [0.2, 0.25) is 0 Å². The molecule has 1 aliphatic heterocycles. The number of rotatable bonds is 6. The summed E-state index contributed by atoms with van der Waals surface area (Å²) in [7, 11) is 0. The van der Waals surface area contributed by atoms with Gasteiger partial charge in [0.2, 0.25) is 11.9 Å². The number of piperazine rings is 1. The van der Waals surface area contributed by atoms with Crippen LogP contribution in [0.5, 0.6) is 0 Å². The zero-order valence-electron chi connectivity index (χ0n) is 16.8. The van der Waals surface area contributed by atoms with E-state index in [9.17, 15) is 4.79 Å². The van der Waals surface area contributed by atoms with Gasteiger partial charge in [-0.2, -0.15) is 4.68 Å². The Morgan fingerprint density at radius 1 is 1.00 bits per heavy atom. The summed E-state index contributed by atoms with van der Waals surface area (Å²) in [6.07, 6.45) is 0. The van der Waals surface area contributed by atoms with Gasteiger partial charge in [-0.25, -0.2) is 4.98 Å². The average molecular weight is 452 g/mol. The number of benzene rings is 2. The normalized spacial score (nSPS) is 14.3. The first-order chi connectivity index (χ1) is 15.3. The van der Waals surface area contributed by atoms with E-state index in [0.29, 0.717) is 37.9 Å². The van der Waals surface area contributed by atoms with Gasteiger partial charge in [0.15, 0.2) is 0 Å². The van der Waals surface area contributed by atoms with Crippen LogP contribution in [0.15, 0.2) is 54.6 Å². The van der Waals surface area contributed by atoms with Crippen molar-refractivity contribution in [3.8, 4) is 5.69 Å². The lowest BCUT2D eigenvalue weighted by Crippen LogP contribution is -2.50. The van der Waals surface area contributed by atoms with Crippen molar-refractivity contribution in [2.75, 3.05) is 36.8 Å². The van der Waals surface area contributed by atoms with Crippen molar-refractivity contribution in [2.45, 2.75) is 5.75 Å². The summed E-state index contributed by atoms with van der Waals surface area (Å²) in [5.74, 6) is 2.12.